The monoisotopic (exact) mass is 401 g/mol. The second kappa shape index (κ2) is 8.12. The van der Waals surface area contributed by atoms with Crippen LogP contribution in [-0.4, -0.2) is 52.2 Å². The van der Waals surface area contributed by atoms with Crippen LogP contribution in [0.4, 0.5) is 0 Å². The SMILES string of the molecule is COc1ccc(-c2nnc(-c3cncc(-c4ccc(C(=O)N(C)C)cc4)n3)o2)cc1. The number of rotatable bonds is 5. The molecular weight excluding hydrogens is 382 g/mol. The molecule has 150 valence electrons. The van der Waals surface area contributed by atoms with E-state index in [1.54, 1.807) is 45.7 Å². The van der Waals surface area contributed by atoms with Crippen LogP contribution in [0.15, 0.2) is 65.3 Å². The van der Waals surface area contributed by atoms with Gasteiger partial charge in [0.25, 0.3) is 11.8 Å². The molecule has 4 rings (SSSR count). The highest BCUT2D eigenvalue weighted by Crippen LogP contribution is 2.26. The summed E-state index contributed by atoms with van der Waals surface area (Å²) in [5.74, 6) is 1.34. The van der Waals surface area contributed by atoms with Crippen molar-refractivity contribution in [3.05, 3.63) is 66.5 Å². The molecule has 0 aliphatic carbocycles. The van der Waals surface area contributed by atoms with Gasteiger partial charge in [0.05, 0.1) is 25.2 Å². The molecule has 30 heavy (non-hydrogen) atoms. The Kier molecular flexibility index (Phi) is 5.21. The molecule has 8 nitrogen and oxygen atoms in total. The number of hydrogen-bond acceptors (Lipinski definition) is 7. The Balaban J connectivity index is 1.59. The first kappa shape index (κ1) is 19.3. The number of nitrogens with zero attached hydrogens (tertiary/aromatic N) is 5. The first-order valence-electron chi connectivity index (χ1n) is 9.17. The molecule has 0 saturated carbocycles. The quantitative estimate of drug-likeness (QED) is 0.504. The van der Waals surface area contributed by atoms with Crippen LogP contribution in [0.25, 0.3) is 34.3 Å². The van der Waals surface area contributed by atoms with Crippen LogP contribution in [0.5, 0.6) is 5.75 Å². The fourth-order valence-corrected chi connectivity index (χ4v) is 2.83. The van der Waals surface area contributed by atoms with Crippen molar-refractivity contribution < 1.29 is 13.9 Å². The molecule has 0 fully saturated rings. The number of carbonyl (C=O) groups excluding carboxylic acids is 1. The average Bonchev–Trinajstić information content (AvgIpc) is 3.29. The summed E-state index contributed by atoms with van der Waals surface area (Å²) in [7, 11) is 5.05. The van der Waals surface area contributed by atoms with E-state index in [2.05, 4.69) is 20.2 Å². The summed E-state index contributed by atoms with van der Waals surface area (Å²) >= 11 is 0. The van der Waals surface area contributed by atoms with Gasteiger partial charge in [0, 0.05) is 30.8 Å². The minimum Gasteiger partial charge on any atom is -0.497 e. The molecule has 8 heteroatoms. The first-order chi connectivity index (χ1) is 14.5. The smallest absolute Gasteiger partial charge is 0.268 e. The Hall–Kier alpha value is -4.07. The molecule has 0 bridgehead atoms. The topological polar surface area (TPSA) is 94.2 Å². The Morgan fingerprint density at radius 1 is 0.867 bits per heavy atom. The zero-order chi connectivity index (χ0) is 21.1. The minimum absolute atomic E-state index is 0.0571. The first-order valence-corrected chi connectivity index (χ1v) is 9.17. The number of methoxy groups -OCH3 is 1. The third-order valence-corrected chi connectivity index (χ3v) is 4.45. The molecule has 4 aromatic rings. The van der Waals surface area contributed by atoms with Crippen LogP contribution >= 0.6 is 0 Å². The van der Waals surface area contributed by atoms with Gasteiger partial charge in [-0.05, 0) is 36.4 Å². The summed E-state index contributed by atoms with van der Waals surface area (Å²) in [5, 5.41) is 8.20. The number of ether oxygens (including phenoxy) is 1. The highest BCUT2D eigenvalue weighted by molar-refractivity contribution is 5.94. The standard InChI is InChI=1S/C22H19N5O3/c1-27(2)22(28)16-6-4-14(5-7-16)18-12-23-13-19(24-18)21-26-25-20(30-21)15-8-10-17(29-3)11-9-15/h4-13H,1-3H3. The fraction of sp³-hybridized carbons (Fsp3) is 0.136. The minimum atomic E-state index is -0.0571. The van der Waals surface area contributed by atoms with Crippen LogP contribution in [0.3, 0.4) is 0 Å². The third-order valence-electron chi connectivity index (χ3n) is 4.45. The number of benzene rings is 2. The molecule has 0 N–H and O–H groups in total. The van der Waals surface area contributed by atoms with Gasteiger partial charge in [-0.3, -0.25) is 9.78 Å². The molecule has 0 aliphatic rings. The fourth-order valence-electron chi connectivity index (χ4n) is 2.83. The summed E-state index contributed by atoms with van der Waals surface area (Å²) in [6, 6.07) is 14.5. The maximum atomic E-state index is 12.0. The molecule has 0 radical (unpaired) electrons. The lowest BCUT2D eigenvalue weighted by Gasteiger charge is -2.10. The van der Waals surface area contributed by atoms with E-state index in [4.69, 9.17) is 9.15 Å². The maximum Gasteiger partial charge on any atom is 0.268 e. The molecule has 0 unspecified atom stereocenters. The van der Waals surface area contributed by atoms with Gasteiger partial charge in [-0.1, -0.05) is 12.1 Å². The van der Waals surface area contributed by atoms with Gasteiger partial charge < -0.3 is 14.1 Å². The van der Waals surface area contributed by atoms with Gasteiger partial charge >= 0.3 is 0 Å². The zero-order valence-corrected chi connectivity index (χ0v) is 16.7. The largest absolute Gasteiger partial charge is 0.497 e. The Morgan fingerprint density at radius 3 is 2.17 bits per heavy atom. The van der Waals surface area contributed by atoms with Crippen molar-refractivity contribution in [2.45, 2.75) is 0 Å². The molecular formula is C22H19N5O3. The van der Waals surface area contributed by atoms with Crippen LogP contribution in [0.2, 0.25) is 0 Å². The van der Waals surface area contributed by atoms with Gasteiger partial charge in [0.15, 0.2) is 0 Å². The molecule has 0 atom stereocenters. The predicted molar refractivity (Wildman–Crippen MR) is 111 cm³/mol. The molecule has 0 aliphatic heterocycles. The summed E-state index contributed by atoms with van der Waals surface area (Å²) in [6.07, 6.45) is 3.21. The summed E-state index contributed by atoms with van der Waals surface area (Å²) < 4.78 is 10.9. The number of carbonyl (C=O) groups is 1. The van der Waals surface area contributed by atoms with Crippen LogP contribution in [0.1, 0.15) is 10.4 Å². The van der Waals surface area contributed by atoms with Crippen molar-refractivity contribution in [3.8, 4) is 40.0 Å². The van der Waals surface area contributed by atoms with Crippen LogP contribution in [-0.2, 0) is 0 Å². The van der Waals surface area contributed by atoms with Gasteiger partial charge in [-0.15, -0.1) is 10.2 Å². The summed E-state index contributed by atoms with van der Waals surface area (Å²) in [4.78, 5) is 22.4. The second-order valence-corrected chi connectivity index (χ2v) is 6.71. The van der Waals surface area contributed by atoms with Crippen LogP contribution in [0, 0.1) is 0 Å². The highest BCUT2D eigenvalue weighted by Gasteiger charge is 2.14. The number of amides is 1. The molecule has 1 amide bonds. The lowest BCUT2D eigenvalue weighted by Crippen LogP contribution is -2.21. The van der Waals surface area contributed by atoms with Gasteiger partial charge in [-0.25, -0.2) is 4.98 Å². The Bertz CT molecular complexity index is 1170. The summed E-state index contributed by atoms with van der Waals surface area (Å²) in [6.45, 7) is 0. The van der Waals surface area contributed by atoms with Gasteiger partial charge in [0.2, 0.25) is 5.89 Å². The molecule has 0 spiro atoms. The molecule has 2 aromatic heterocycles. The summed E-state index contributed by atoms with van der Waals surface area (Å²) in [5.41, 5.74) is 3.32. The van der Waals surface area contributed by atoms with Gasteiger partial charge in [-0.2, -0.15) is 0 Å². The Labute approximate surface area is 173 Å². The molecule has 2 heterocycles. The highest BCUT2D eigenvalue weighted by atomic mass is 16.5. The van der Waals surface area contributed by atoms with E-state index < -0.39 is 0 Å². The average molecular weight is 401 g/mol. The van der Waals surface area contributed by atoms with Gasteiger partial charge in [0.1, 0.15) is 11.4 Å². The molecule has 0 saturated heterocycles. The van der Waals surface area contributed by atoms with E-state index in [1.165, 1.54) is 4.90 Å². The van der Waals surface area contributed by atoms with E-state index in [-0.39, 0.29) is 11.8 Å². The van der Waals surface area contributed by atoms with Crippen molar-refractivity contribution >= 4 is 5.91 Å². The van der Waals surface area contributed by atoms with E-state index in [0.29, 0.717) is 22.8 Å². The van der Waals surface area contributed by atoms with Crippen molar-refractivity contribution in [1.29, 1.82) is 0 Å². The number of aromatic nitrogens is 4. The van der Waals surface area contributed by atoms with Crippen molar-refractivity contribution in [3.63, 3.8) is 0 Å². The van der Waals surface area contributed by atoms with Crippen LogP contribution < -0.4 is 4.74 Å². The second-order valence-electron chi connectivity index (χ2n) is 6.71. The van der Waals surface area contributed by atoms with Crippen molar-refractivity contribution in [2.75, 3.05) is 21.2 Å². The van der Waals surface area contributed by atoms with E-state index in [9.17, 15) is 4.79 Å². The van der Waals surface area contributed by atoms with E-state index in [0.717, 1.165) is 16.9 Å². The number of hydrogen-bond donors (Lipinski definition) is 0. The van der Waals surface area contributed by atoms with E-state index >= 15 is 0 Å². The predicted octanol–water partition coefficient (Wildman–Crippen LogP) is 3.57. The third kappa shape index (κ3) is 3.88. The normalized spacial score (nSPS) is 10.6. The van der Waals surface area contributed by atoms with Crippen molar-refractivity contribution in [1.82, 2.24) is 25.1 Å². The van der Waals surface area contributed by atoms with Crippen molar-refractivity contribution in [2.24, 2.45) is 0 Å². The lowest BCUT2D eigenvalue weighted by molar-refractivity contribution is 0.0827. The van der Waals surface area contributed by atoms with E-state index in [1.807, 2.05) is 36.4 Å². The molecule has 2 aromatic carbocycles. The lowest BCUT2D eigenvalue weighted by atomic mass is 10.1. The zero-order valence-electron chi connectivity index (χ0n) is 16.7. The Morgan fingerprint density at radius 2 is 1.50 bits per heavy atom. The maximum absolute atomic E-state index is 12.0.